The van der Waals surface area contributed by atoms with Crippen LogP contribution in [0.2, 0.25) is 0 Å². The molecule has 0 saturated carbocycles. The molecule has 1 amide bonds. The molecule has 0 unspecified atom stereocenters. The number of hydrogen-bond donors (Lipinski definition) is 2. The van der Waals surface area contributed by atoms with Crippen LogP contribution in [0, 0.1) is 0 Å². The van der Waals surface area contributed by atoms with Gasteiger partial charge < -0.3 is 9.88 Å². The number of amides is 1. The van der Waals surface area contributed by atoms with E-state index in [-0.39, 0.29) is 5.91 Å². The minimum Gasteiger partial charge on any atom is -0.333 e. The molecule has 4 aromatic rings. The normalized spacial score (nSPS) is 11.0. The summed E-state index contributed by atoms with van der Waals surface area (Å²) in [7, 11) is 1.89. The predicted octanol–water partition coefficient (Wildman–Crippen LogP) is 1.71. The summed E-state index contributed by atoms with van der Waals surface area (Å²) < 4.78 is 3.59. The molecule has 23 heavy (non-hydrogen) atoms. The van der Waals surface area contributed by atoms with E-state index in [1.54, 1.807) is 22.9 Å². The number of carbonyl (C=O) groups is 1. The van der Waals surface area contributed by atoms with Crippen LogP contribution >= 0.6 is 0 Å². The SMILES string of the molecule is Cn1ccnc1-c1cc(NC(=O)c2cnc3ccccn23)n[nH]1. The largest absolute Gasteiger partial charge is 0.333 e. The second kappa shape index (κ2) is 5.09. The molecule has 0 aliphatic carbocycles. The first-order valence-corrected chi connectivity index (χ1v) is 6.99. The highest BCUT2D eigenvalue weighted by Crippen LogP contribution is 2.17. The molecule has 0 atom stereocenters. The van der Waals surface area contributed by atoms with Gasteiger partial charge in [-0.05, 0) is 12.1 Å². The van der Waals surface area contributed by atoms with Gasteiger partial charge in [0.2, 0.25) is 0 Å². The van der Waals surface area contributed by atoms with Crippen LogP contribution in [0.4, 0.5) is 5.82 Å². The highest BCUT2D eigenvalue weighted by molar-refractivity contribution is 6.03. The third-order valence-corrected chi connectivity index (χ3v) is 3.53. The number of aromatic nitrogens is 6. The fraction of sp³-hybridized carbons (Fsp3) is 0.0667. The van der Waals surface area contributed by atoms with Gasteiger partial charge >= 0.3 is 0 Å². The first-order valence-electron chi connectivity index (χ1n) is 6.99. The molecule has 0 aliphatic rings. The number of aromatic amines is 1. The maximum absolute atomic E-state index is 12.4. The standard InChI is InChI=1S/C15H13N7O/c1-21-7-5-16-14(21)10-8-12(20-19-10)18-15(23)11-9-17-13-4-2-3-6-22(11)13/h2-9H,1H3,(H2,18,19,20,23). The molecule has 2 N–H and O–H groups in total. The molecule has 8 nitrogen and oxygen atoms in total. The van der Waals surface area contributed by atoms with Gasteiger partial charge in [-0.3, -0.25) is 14.3 Å². The maximum Gasteiger partial charge on any atom is 0.275 e. The summed E-state index contributed by atoms with van der Waals surface area (Å²) >= 11 is 0. The summed E-state index contributed by atoms with van der Waals surface area (Å²) in [5.74, 6) is 0.897. The Bertz CT molecular complexity index is 994. The van der Waals surface area contributed by atoms with Gasteiger partial charge in [-0.15, -0.1) is 0 Å². The number of pyridine rings is 1. The Hall–Kier alpha value is -3.42. The van der Waals surface area contributed by atoms with Crippen LogP contribution < -0.4 is 5.32 Å². The van der Waals surface area contributed by atoms with Crippen molar-refractivity contribution >= 4 is 17.4 Å². The molecule has 4 rings (SSSR count). The number of nitrogens with zero attached hydrogens (tertiary/aromatic N) is 5. The van der Waals surface area contributed by atoms with Crippen molar-refractivity contribution in [1.82, 2.24) is 29.1 Å². The van der Waals surface area contributed by atoms with Crippen molar-refractivity contribution < 1.29 is 4.79 Å². The van der Waals surface area contributed by atoms with Gasteiger partial charge in [-0.1, -0.05) is 6.07 Å². The molecule has 0 saturated heterocycles. The smallest absolute Gasteiger partial charge is 0.275 e. The number of hydrogen-bond acceptors (Lipinski definition) is 4. The lowest BCUT2D eigenvalue weighted by Gasteiger charge is -2.01. The second-order valence-electron chi connectivity index (χ2n) is 5.06. The molecule has 8 heteroatoms. The van der Waals surface area contributed by atoms with Crippen molar-refractivity contribution in [2.24, 2.45) is 7.05 Å². The lowest BCUT2D eigenvalue weighted by atomic mass is 10.3. The van der Waals surface area contributed by atoms with Gasteiger partial charge in [0, 0.05) is 31.7 Å². The maximum atomic E-state index is 12.4. The quantitative estimate of drug-likeness (QED) is 0.602. The second-order valence-corrected chi connectivity index (χ2v) is 5.06. The third kappa shape index (κ3) is 2.26. The summed E-state index contributed by atoms with van der Waals surface area (Å²) in [5.41, 5.74) is 1.89. The zero-order chi connectivity index (χ0) is 15.8. The average molecular weight is 307 g/mol. The van der Waals surface area contributed by atoms with Crippen LogP contribution in [0.25, 0.3) is 17.2 Å². The number of aryl methyl sites for hydroxylation is 1. The van der Waals surface area contributed by atoms with E-state index in [0.717, 1.165) is 11.5 Å². The highest BCUT2D eigenvalue weighted by atomic mass is 16.2. The van der Waals surface area contributed by atoms with Gasteiger partial charge in [0.05, 0.1) is 6.20 Å². The summed E-state index contributed by atoms with van der Waals surface area (Å²) in [4.78, 5) is 20.8. The molecule has 4 heterocycles. The highest BCUT2D eigenvalue weighted by Gasteiger charge is 2.14. The van der Waals surface area contributed by atoms with E-state index in [1.165, 1.54) is 6.20 Å². The molecule has 0 radical (unpaired) electrons. The van der Waals surface area contributed by atoms with E-state index in [2.05, 4.69) is 25.5 Å². The minimum absolute atomic E-state index is 0.276. The molecule has 0 aliphatic heterocycles. The lowest BCUT2D eigenvalue weighted by molar-refractivity contribution is 0.102. The zero-order valence-electron chi connectivity index (χ0n) is 12.3. The van der Waals surface area contributed by atoms with E-state index >= 15 is 0 Å². The van der Waals surface area contributed by atoms with Crippen LogP contribution in [-0.2, 0) is 7.05 Å². The first kappa shape index (κ1) is 13.3. The molecular formula is C15H13N7O. The van der Waals surface area contributed by atoms with E-state index in [4.69, 9.17) is 0 Å². The third-order valence-electron chi connectivity index (χ3n) is 3.53. The number of anilines is 1. The number of rotatable bonds is 3. The van der Waals surface area contributed by atoms with Crippen LogP contribution in [0.1, 0.15) is 10.5 Å². The van der Waals surface area contributed by atoms with Crippen molar-refractivity contribution in [1.29, 1.82) is 0 Å². The number of fused-ring (bicyclic) bond motifs is 1. The summed E-state index contributed by atoms with van der Waals surface area (Å²) in [6.07, 6.45) is 6.87. The van der Waals surface area contributed by atoms with Crippen LogP contribution in [-0.4, -0.2) is 35.0 Å². The Labute approximate surface area is 130 Å². The van der Waals surface area contributed by atoms with Gasteiger partial charge in [0.15, 0.2) is 11.6 Å². The Balaban J connectivity index is 1.60. The Morgan fingerprint density at radius 2 is 2.17 bits per heavy atom. The van der Waals surface area contributed by atoms with Crippen molar-refractivity contribution in [3.05, 3.63) is 54.7 Å². The number of nitrogens with one attached hydrogen (secondary N) is 2. The van der Waals surface area contributed by atoms with Crippen molar-refractivity contribution in [2.45, 2.75) is 0 Å². The summed E-state index contributed by atoms with van der Waals surface area (Å²) in [5, 5.41) is 9.73. The van der Waals surface area contributed by atoms with Crippen LogP contribution in [0.15, 0.2) is 49.1 Å². The van der Waals surface area contributed by atoms with Crippen molar-refractivity contribution in [3.63, 3.8) is 0 Å². The molecule has 114 valence electrons. The molecule has 4 aromatic heterocycles. The number of carbonyl (C=O) groups excluding carboxylic acids is 1. The molecule has 0 spiro atoms. The summed E-state index contributed by atoms with van der Waals surface area (Å²) in [6, 6.07) is 7.30. The Morgan fingerprint density at radius 1 is 1.26 bits per heavy atom. The van der Waals surface area contributed by atoms with E-state index in [1.807, 2.05) is 36.0 Å². The summed E-state index contributed by atoms with van der Waals surface area (Å²) in [6.45, 7) is 0. The van der Waals surface area contributed by atoms with Gasteiger partial charge in [-0.25, -0.2) is 9.97 Å². The minimum atomic E-state index is -0.276. The van der Waals surface area contributed by atoms with Crippen molar-refractivity contribution in [2.75, 3.05) is 5.32 Å². The number of H-pyrrole nitrogens is 1. The van der Waals surface area contributed by atoms with Crippen LogP contribution in [0.5, 0.6) is 0 Å². The fourth-order valence-corrected chi connectivity index (χ4v) is 2.41. The van der Waals surface area contributed by atoms with E-state index in [0.29, 0.717) is 17.2 Å². The van der Waals surface area contributed by atoms with Crippen LogP contribution in [0.3, 0.4) is 0 Å². The number of imidazole rings is 2. The van der Waals surface area contributed by atoms with Gasteiger partial charge in [-0.2, -0.15) is 5.10 Å². The van der Waals surface area contributed by atoms with Gasteiger partial charge in [0.1, 0.15) is 17.0 Å². The predicted molar refractivity (Wildman–Crippen MR) is 83.9 cm³/mol. The lowest BCUT2D eigenvalue weighted by Crippen LogP contribution is -2.14. The Kier molecular flexibility index (Phi) is 2.94. The first-order chi connectivity index (χ1) is 11.2. The fourth-order valence-electron chi connectivity index (χ4n) is 2.41. The monoisotopic (exact) mass is 307 g/mol. The molecular weight excluding hydrogens is 294 g/mol. The molecule has 0 bridgehead atoms. The topological polar surface area (TPSA) is 92.9 Å². The zero-order valence-corrected chi connectivity index (χ0v) is 12.3. The van der Waals surface area contributed by atoms with E-state index < -0.39 is 0 Å². The Morgan fingerprint density at radius 3 is 3.00 bits per heavy atom. The molecule has 0 aromatic carbocycles. The average Bonchev–Trinajstić information content (AvgIpc) is 3.26. The van der Waals surface area contributed by atoms with Gasteiger partial charge in [0.25, 0.3) is 5.91 Å². The van der Waals surface area contributed by atoms with Crippen molar-refractivity contribution in [3.8, 4) is 11.5 Å². The van der Waals surface area contributed by atoms with E-state index in [9.17, 15) is 4.79 Å². The molecule has 0 fully saturated rings.